The van der Waals surface area contributed by atoms with E-state index in [0.29, 0.717) is 0 Å². The minimum atomic E-state index is 0.0927. The van der Waals surface area contributed by atoms with Crippen molar-refractivity contribution >= 4 is 28.5 Å². The number of fused-ring (bicyclic) bond motifs is 1. The molecule has 0 bridgehead atoms. The standard InChI is InChI=1S/C27H23ClN4/c1-18-13-14-22(15-24(18)28)32-16-23(21-11-7-4-8-12-21)25-26(29-17-30-27(25)32)31-19(2)20-9-5-3-6-10-20/h3-17,19H,1-2H3,(H,29,30,31). The Kier molecular flexibility index (Phi) is 5.38. The Balaban J connectivity index is 1.70. The smallest absolute Gasteiger partial charge is 0.150 e. The first kappa shape index (κ1) is 20.3. The van der Waals surface area contributed by atoms with Crippen LogP contribution in [0.15, 0.2) is 91.4 Å². The SMILES string of the molecule is Cc1ccc(-n2cc(-c3ccccc3)c3c(NC(C)c4ccccc4)ncnc32)cc1Cl. The van der Waals surface area contributed by atoms with Crippen molar-refractivity contribution in [2.24, 2.45) is 0 Å². The molecule has 32 heavy (non-hydrogen) atoms. The van der Waals surface area contributed by atoms with Crippen LogP contribution in [-0.2, 0) is 0 Å². The number of nitrogens with one attached hydrogen (secondary N) is 1. The molecule has 2 heterocycles. The lowest BCUT2D eigenvalue weighted by molar-refractivity contribution is 0.875. The number of halogens is 1. The summed E-state index contributed by atoms with van der Waals surface area (Å²) < 4.78 is 2.09. The first-order valence-corrected chi connectivity index (χ1v) is 11.0. The predicted molar refractivity (Wildman–Crippen MR) is 133 cm³/mol. The molecule has 5 rings (SSSR count). The van der Waals surface area contributed by atoms with E-state index in [2.05, 4.69) is 75.4 Å². The Labute approximate surface area is 192 Å². The van der Waals surface area contributed by atoms with Gasteiger partial charge in [-0.3, -0.25) is 0 Å². The summed E-state index contributed by atoms with van der Waals surface area (Å²) in [6, 6.07) is 26.9. The van der Waals surface area contributed by atoms with E-state index in [-0.39, 0.29) is 6.04 Å². The quantitative estimate of drug-likeness (QED) is 0.315. The Bertz CT molecular complexity index is 1380. The topological polar surface area (TPSA) is 42.7 Å². The molecule has 0 aliphatic rings. The Morgan fingerprint density at radius 3 is 2.34 bits per heavy atom. The predicted octanol–water partition coefficient (Wildman–Crippen LogP) is 7.22. The van der Waals surface area contributed by atoms with Crippen LogP contribution in [0.5, 0.6) is 0 Å². The van der Waals surface area contributed by atoms with Gasteiger partial charge in [0.15, 0.2) is 5.65 Å². The van der Waals surface area contributed by atoms with Crippen molar-refractivity contribution in [3.63, 3.8) is 0 Å². The van der Waals surface area contributed by atoms with Gasteiger partial charge in [0.1, 0.15) is 12.1 Å². The molecule has 0 spiro atoms. The van der Waals surface area contributed by atoms with E-state index < -0.39 is 0 Å². The molecule has 0 fully saturated rings. The molecule has 5 aromatic rings. The van der Waals surface area contributed by atoms with Crippen molar-refractivity contribution in [2.75, 3.05) is 5.32 Å². The van der Waals surface area contributed by atoms with Crippen LogP contribution in [0.1, 0.15) is 24.1 Å². The highest BCUT2D eigenvalue weighted by atomic mass is 35.5. The zero-order chi connectivity index (χ0) is 22.1. The van der Waals surface area contributed by atoms with Crippen LogP contribution in [0.4, 0.5) is 5.82 Å². The monoisotopic (exact) mass is 438 g/mol. The maximum atomic E-state index is 6.45. The summed E-state index contributed by atoms with van der Waals surface area (Å²) >= 11 is 6.45. The van der Waals surface area contributed by atoms with Gasteiger partial charge in [-0.2, -0.15) is 0 Å². The third-order valence-corrected chi connectivity index (χ3v) is 6.16. The van der Waals surface area contributed by atoms with Crippen molar-refractivity contribution in [1.29, 1.82) is 0 Å². The van der Waals surface area contributed by atoms with Crippen molar-refractivity contribution in [3.8, 4) is 16.8 Å². The van der Waals surface area contributed by atoms with Gasteiger partial charge in [-0.05, 0) is 42.7 Å². The van der Waals surface area contributed by atoms with E-state index >= 15 is 0 Å². The summed E-state index contributed by atoms with van der Waals surface area (Å²) in [6.45, 7) is 4.15. The first-order chi connectivity index (χ1) is 15.6. The zero-order valence-corrected chi connectivity index (χ0v) is 18.7. The summed E-state index contributed by atoms with van der Waals surface area (Å²) in [7, 11) is 0. The van der Waals surface area contributed by atoms with Gasteiger partial charge in [0.2, 0.25) is 0 Å². The molecular formula is C27H23ClN4. The molecule has 0 saturated carbocycles. The molecule has 4 nitrogen and oxygen atoms in total. The van der Waals surface area contributed by atoms with Gasteiger partial charge < -0.3 is 9.88 Å². The van der Waals surface area contributed by atoms with Crippen LogP contribution in [0.2, 0.25) is 5.02 Å². The summed E-state index contributed by atoms with van der Waals surface area (Å²) in [5.41, 5.74) is 6.23. The second kappa shape index (κ2) is 8.48. The highest BCUT2D eigenvalue weighted by molar-refractivity contribution is 6.31. The Hall–Kier alpha value is -3.63. The third-order valence-electron chi connectivity index (χ3n) is 5.75. The molecule has 0 aliphatic heterocycles. The molecule has 158 valence electrons. The molecule has 1 N–H and O–H groups in total. The van der Waals surface area contributed by atoms with Crippen LogP contribution in [-0.4, -0.2) is 14.5 Å². The van der Waals surface area contributed by atoms with Gasteiger partial charge in [0.05, 0.1) is 5.39 Å². The molecule has 2 aromatic heterocycles. The maximum absolute atomic E-state index is 6.45. The molecule has 0 radical (unpaired) electrons. The van der Waals surface area contributed by atoms with Crippen molar-refractivity contribution in [3.05, 3.63) is 108 Å². The number of anilines is 1. The van der Waals surface area contributed by atoms with E-state index in [1.54, 1.807) is 6.33 Å². The molecular weight excluding hydrogens is 416 g/mol. The number of aromatic nitrogens is 3. The normalized spacial score (nSPS) is 12.1. The van der Waals surface area contributed by atoms with Crippen LogP contribution in [0, 0.1) is 6.92 Å². The fraction of sp³-hybridized carbons (Fsp3) is 0.111. The Morgan fingerprint density at radius 2 is 1.62 bits per heavy atom. The molecule has 1 unspecified atom stereocenters. The van der Waals surface area contributed by atoms with Gasteiger partial charge >= 0.3 is 0 Å². The van der Waals surface area contributed by atoms with Crippen LogP contribution in [0.25, 0.3) is 27.8 Å². The Morgan fingerprint density at radius 1 is 0.906 bits per heavy atom. The number of hydrogen-bond donors (Lipinski definition) is 1. The summed E-state index contributed by atoms with van der Waals surface area (Å²) in [4.78, 5) is 9.30. The van der Waals surface area contributed by atoms with E-state index in [1.807, 2.05) is 43.3 Å². The van der Waals surface area contributed by atoms with Gasteiger partial charge in [-0.25, -0.2) is 9.97 Å². The molecule has 5 heteroatoms. The van der Waals surface area contributed by atoms with E-state index in [0.717, 1.165) is 44.3 Å². The van der Waals surface area contributed by atoms with Crippen molar-refractivity contribution < 1.29 is 0 Å². The average Bonchev–Trinajstić information content (AvgIpc) is 3.23. The summed E-state index contributed by atoms with van der Waals surface area (Å²) in [6.07, 6.45) is 3.73. The molecule has 1 atom stereocenters. The summed E-state index contributed by atoms with van der Waals surface area (Å²) in [5, 5.41) is 5.32. The van der Waals surface area contributed by atoms with Crippen molar-refractivity contribution in [2.45, 2.75) is 19.9 Å². The van der Waals surface area contributed by atoms with E-state index in [9.17, 15) is 0 Å². The van der Waals surface area contributed by atoms with Gasteiger partial charge in [-0.15, -0.1) is 0 Å². The van der Waals surface area contributed by atoms with Gasteiger partial charge in [0.25, 0.3) is 0 Å². The lowest BCUT2D eigenvalue weighted by Crippen LogP contribution is -2.08. The fourth-order valence-corrected chi connectivity index (χ4v) is 4.14. The van der Waals surface area contributed by atoms with Crippen LogP contribution in [0.3, 0.4) is 0 Å². The second-order valence-corrected chi connectivity index (χ2v) is 8.32. The first-order valence-electron chi connectivity index (χ1n) is 10.6. The molecule has 0 aliphatic carbocycles. The number of rotatable bonds is 5. The third kappa shape index (κ3) is 3.74. The highest BCUT2D eigenvalue weighted by Crippen LogP contribution is 2.36. The number of hydrogen-bond acceptors (Lipinski definition) is 3. The lowest BCUT2D eigenvalue weighted by Gasteiger charge is -2.16. The zero-order valence-electron chi connectivity index (χ0n) is 18.0. The second-order valence-electron chi connectivity index (χ2n) is 7.91. The highest BCUT2D eigenvalue weighted by Gasteiger charge is 2.19. The van der Waals surface area contributed by atoms with E-state index in [4.69, 9.17) is 11.6 Å². The van der Waals surface area contributed by atoms with Crippen LogP contribution < -0.4 is 5.32 Å². The summed E-state index contributed by atoms with van der Waals surface area (Å²) in [5.74, 6) is 0.808. The molecule has 3 aromatic carbocycles. The molecule has 0 saturated heterocycles. The van der Waals surface area contributed by atoms with Gasteiger partial charge in [0, 0.05) is 28.5 Å². The van der Waals surface area contributed by atoms with Crippen LogP contribution >= 0.6 is 11.6 Å². The lowest BCUT2D eigenvalue weighted by atomic mass is 10.1. The largest absolute Gasteiger partial charge is 0.363 e. The maximum Gasteiger partial charge on any atom is 0.150 e. The van der Waals surface area contributed by atoms with Gasteiger partial charge in [-0.1, -0.05) is 78.3 Å². The minimum Gasteiger partial charge on any atom is -0.363 e. The number of nitrogens with zero attached hydrogens (tertiary/aromatic N) is 3. The fourth-order valence-electron chi connectivity index (χ4n) is 3.97. The van der Waals surface area contributed by atoms with Crippen molar-refractivity contribution in [1.82, 2.24) is 14.5 Å². The minimum absolute atomic E-state index is 0.0927. The van der Waals surface area contributed by atoms with E-state index in [1.165, 1.54) is 5.56 Å². The number of benzene rings is 3. The average molecular weight is 439 g/mol. The number of aryl methyl sites for hydroxylation is 1. The molecule has 0 amide bonds.